The van der Waals surface area contributed by atoms with Gasteiger partial charge in [-0.15, -0.1) is 0 Å². The van der Waals surface area contributed by atoms with Crippen molar-refractivity contribution in [2.75, 3.05) is 31.1 Å². The van der Waals surface area contributed by atoms with Crippen molar-refractivity contribution in [3.63, 3.8) is 0 Å². The lowest BCUT2D eigenvalue weighted by molar-refractivity contribution is -0.384. The molecule has 1 aliphatic rings. The van der Waals surface area contributed by atoms with Gasteiger partial charge in [-0.2, -0.15) is 0 Å². The summed E-state index contributed by atoms with van der Waals surface area (Å²) < 4.78 is 5.22. The molecule has 1 aromatic carbocycles. The monoisotopic (exact) mass is 384 g/mol. The number of hydrogen-bond acceptors (Lipinski definition) is 8. The van der Waals surface area contributed by atoms with Crippen molar-refractivity contribution >= 4 is 22.3 Å². The van der Waals surface area contributed by atoms with Gasteiger partial charge in [-0.05, 0) is 19.9 Å². The smallest absolute Gasteiger partial charge is 0.293 e. The van der Waals surface area contributed by atoms with E-state index in [1.807, 2.05) is 18.7 Å². The number of fused-ring (bicyclic) bond motifs is 1. The van der Waals surface area contributed by atoms with Crippen molar-refractivity contribution in [1.29, 1.82) is 0 Å². The van der Waals surface area contributed by atoms with Crippen LogP contribution in [0.2, 0.25) is 0 Å². The molecule has 10 heteroatoms. The van der Waals surface area contributed by atoms with Gasteiger partial charge in [0, 0.05) is 44.4 Å². The Morgan fingerprint density at radius 2 is 2.00 bits per heavy atom. The van der Waals surface area contributed by atoms with Crippen LogP contribution < -0.4 is 10.5 Å². The highest BCUT2D eigenvalue weighted by atomic mass is 16.6. The number of aromatic nitrogens is 3. The second-order valence-electron chi connectivity index (χ2n) is 6.91. The fraction of sp³-hybridized carbons (Fsp3) is 0.389. The third-order valence-corrected chi connectivity index (χ3v) is 5.21. The van der Waals surface area contributed by atoms with Gasteiger partial charge in [-0.1, -0.05) is 5.16 Å². The zero-order valence-corrected chi connectivity index (χ0v) is 15.6. The van der Waals surface area contributed by atoms with E-state index in [-0.39, 0.29) is 16.6 Å². The van der Waals surface area contributed by atoms with Gasteiger partial charge in [-0.3, -0.25) is 19.8 Å². The number of nitrogens with one attached hydrogen (secondary N) is 1. The third-order valence-electron chi connectivity index (χ3n) is 5.21. The molecule has 3 heterocycles. The van der Waals surface area contributed by atoms with E-state index in [0.29, 0.717) is 24.3 Å². The van der Waals surface area contributed by atoms with Crippen molar-refractivity contribution in [2.45, 2.75) is 20.4 Å². The molecule has 1 saturated heterocycles. The van der Waals surface area contributed by atoms with Crippen LogP contribution in [0.4, 0.5) is 11.4 Å². The number of aryl methyl sites for hydroxylation is 2. The van der Waals surface area contributed by atoms with Gasteiger partial charge in [0.15, 0.2) is 0 Å². The zero-order chi connectivity index (χ0) is 19.8. The van der Waals surface area contributed by atoms with E-state index in [2.05, 4.69) is 20.0 Å². The number of nitrogens with zero attached hydrogens (tertiary/aromatic N) is 5. The first-order chi connectivity index (χ1) is 13.4. The molecule has 0 amide bonds. The van der Waals surface area contributed by atoms with E-state index in [0.717, 1.165) is 36.7 Å². The molecule has 3 aromatic rings. The number of piperazine rings is 1. The standard InChI is InChI=1S/C18H20N6O4/c1-11-14(12(2)28-21-11)9-22-3-5-23(6-4-22)16-8-15-13(7-17(16)24(26)27)18(25)20-10-19-15/h7-8,10H,3-6,9H2,1-2H3,(H,19,20,25). The topological polar surface area (TPSA) is 121 Å². The molecule has 1 aliphatic heterocycles. The minimum atomic E-state index is -0.447. The van der Waals surface area contributed by atoms with Gasteiger partial charge < -0.3 is 14.4 Å². The van der Waals surface area contributed by atoms with Gasteiger partial charge in [0.25, 0.3) is 11.2 Å². The highest BCUT2D eigenvalue weighted by Gasteiger charge is 2.26. The Morgan fingerprint density at radius 1 is 1.25 bits per heavy atom. The van der Waals surface area contributed by atoms with Crippen LogP contribution >= 0.6 is 0 Å². The minimum Gasteiger partial charge on any atom is -0.363 e. The van der Waals surface area contributed by atoms with E-state index in [4.69, 9.17) is 4.52 Å². The van der Waals surface area contributed by atoms with Crippen molar-refractivity contribution in [2.24, 2.45) is 0 Å². The SMILES string of the molecule is Cc1noc(C)c1CN1CCN(c2cc3nc[nH]c(=O)c3cc2[N+](=O)[O-])CC1. The van der Waals surface area contributed by atoms with Gasteiger partial charge in [0.2, 0.25) is 0 Å². The quantitative estimate of drug-likeness (QED) is 0.533. The molecular weight excluding hydrogens is 364 g/mol. The second-order valence-corrected chi connectivity index (χ2v) is 6.91. The molecule has 2 aromatic heterocycles. The van der Waals surface area contributed by atoms with Gasteiger partial charge >= 0.3 is 0 Å². The predicted molar refractivity (Wildman–Crippen MR) is 102 cm³/mol. The average Bonchev–Trinajstić information content (AvgIpc) is 3.00. The summed E-state index contributed by atoms with van der Waals surface area (Å²) in [5.74, 6) is 0.821. The van der Waals surface area contributed by atoms with Crippen LogP contribution in [0.1, 0.15) is 17.0 Å². The summed E-state index contributed by atoms with van der Waals surface area (Å²) in [6, 6.07) is 2.94. The lowest BCUT2D eigenvalue weighted by Gasteiger charge is -2.35. The number of nitro groups is 1. The maximum Gasteiger partial charge on any atom is 0.293 e. The Balaban J connectivity index is 1.57. The van der Waals surface area contributed by atoms with Crippen LogP contribution in [0, 0.1) is 24.0 Å². The van der Waals surface area contributed by atoms with E-state index in [1.54, 1.807) is 6.07 Å². The molecule has 146 valence electrons. The summed E-state index contributed by atoms with van der Waals surface area (Å²) >= 11 is 0. The van der Waals surface area contributed by atoms with Crippen molar-refractivity contribution in [3.8, 4) is 0 Å². The van der Waals surface area contributed by atoms with E-state index in [1.165, 1.54) is 12.4 Å². The molecule has 0 saturated carbocycles. The van der Waals surface area contributed by atoms with Crippen LogP contribution in [-0.4, -0.2) is 51.1 Å². The average molecular weight is 384 g/mol. The van der Waals surface area contributed by atoms with Crippen molar-refractivity contribution < 1.29 is 9.45 Å². The molecule has 0 unspecified atom stereocenters. The number of rotatable bonds is 4. The molecule has 1 N–H and O–H groups in total. The lowest BCUT2D eigenvalue weighted by atomic mass is 10.1. The third kappa shape index (κ3) is 3.22. The number of benzene rings is 1. The first-order valence-corrected chi connectivity index (χ1v) is 8.99. The lowest BCUT2D eigenvalue weighted by Crippen LogP contribution is -2.46. The van der Waals surface area contributed by atoms with E-state index >= 15 is 0 Å². The highest BCUT2D eigenvalue weighted by Crippen LogP contribution is 2.32. The van der Waals surface area contributed by atoms with Crippen LogP contribution in [0.25, 0.3) is 10.9 Å². The van der Waals surface area contributed by atoms with E-state index in [9.17, 15) is 14.9 Å². The number of anilines is 1. The van der Waals surface area contributed by atoms with E-state index < -0.39 is 4.92 Å². The van der Waals surface area contributed by atoms with Gasteiger partial charge in [0.1, 0.15) is 11.4 Å². The molecule has 10 nitrogen and oxygen atoms in total. The summed E-state index contributed by atoms with van der Waals surface area (Å²) in [5.41, 5.74) is 2.46. The first-order valence-electron chi connectivity index (χ1n) is 8.99. The summed E-state index contributed by atoms with van der Waals surface area (Å²) in [5, 5.41) is 15.8. The van der Waals surface area contributed by atoms with Gasteiger partial charge in [0.05, 0.1) is 27.8 Å². The molecule has 0 atom stereocenters. The summed E-state index contributed by atoms with van der Waals surface area (Å²) in [4.78, 5) is 33.9. The molecule has 1 fully saturated rings. The Hall–Kier alpha value is -3.27. The largest absolute Gasteiger partial charge is 0.363 e. The molecule has 0 bridgehead atoms. The number of hydrogen-bond donors (Lipinski definition) is 1. The first kappa shape index (κ1) is 18.1. The van der Waals surface area contributed by atoms with Gasteiger partial charge in [-0.25, -0.2) is 4.98 Å². The molecule has 0 radical (unpaired) electrons. The Kier molecular flexibility index (Phi) is 4.55. The van der Waals surface area contributed by atoms with Crippen LogP contribution in [0.3, 0.4) is 0 Å². The maximum atomic E-state index is 11.9. The number of H-pyrrole nitrogens is 1. The number of aromatic amines is 1. The number of nitro benzene ring substituents is 1. The molecule has 0 aliphatic carbocycles. The maximum absolute atomic E-state index is 11.9. The summed E-state index contributed by atoms with van der Waals surface area (Å²) in [6.45, 7) is 7.35. The minimum absolute atomic E-state index is 0.0785. The molecule has 0 spiro atoms. The summed E-state index contributed by atoms with van der Waals surface area (Å²) in [7, 11) is 0. The normalized spacial score (nSPS) is 15.3. The zero-order valence-electron chi connectivity index (χ0n) is 15.6. The Bertz CT molecular complexity index is 1080. The molecular formula is C18H20N6O4. The fourth-order valence-electron chi connectivity index (χ4n) is 3.59. The highest BCUT2D eigenvalue weighted by molar-refractivity contribution is 5.87. The van der Waals surface area contributed by atoms with Crippen molar-refractivity contribution in [1.82, 2.24) is 20.0 Å². The van der Waals surface area contributed by atoms with Crippen molar-refractivity contribution in [3.05, 3.63) is 55.9 Å². The summed E-state index contributed by atoms with van der Waals surface area (Å²) in [6.07, 6.45) is 1.31. The molecule has 4 rings (SSSR count). The van der Waals surface area contributed by atoms with Crippen LogP contribution in [-0.2, 0) is 6.54 Å². The molecule has 28 heavy (non-hydrogen) atoms. The van der Waals surface area contributed by atoms with Crippen LogP contribution in [0.5, 0.6) is 0 Å². The second kappa shape index (κ2) is 7.04. The Morgan fingerprint density at radius 3 is 2.64 bits per heavy atom. The van der Waals surface area contributed by atoms with Crippen LogP contribution in [0.15, 0.2) is 27.8 Å². The Labute approximate surface area is 159 Å². The fourth-order valence-corrected chi connectivity index (χ4v) is 3.59. The predicted octanol–water partition coefficient (Wildman–Crippen LogP) is 1.76.